The van der Waals surface area contributed by atoms with E-state index in [1.165, 1.54) is 4.31 Å². The van der Waals surface area contributed by atoms with E-state index in [9.17, 15) is 13.2 Å². The first-order chi connectivity index (χ1) is 14.3. The first-order valence-electron chi connectivity index (χ1n) is 9.77. The lowest BCUT2D eigenvalue weighted by molar-refractivity contribution is -0.116. The smallest absolute Gasteiger partial charge is 0.264 e. The average molecular weight is 427 g/mol. The lowest BCUT2D eigenvalue weighted by Crippen LogP contribution is -2.34. The number of aryl methyl sites for hydroxylation is 1. The average Bonchev–Trinajstić information content (AvgIpc) is 3.18. The summed E-state index contributed by atoms with van der Waals surface area (Å²) in [7, 11) is -3.81. The van der Waals surface area contributed by atoms with Gasteiger partial charge >= 0.3 is 0 Å². The van der Waals surface area contributed by atoms with Crippen LogP contribution in [0.3, 0.4) is 0 Å². The van der Waals surface area contributed by atoms with Crippen molar-refractivity contribution >= 4 is 27.4 Å². The zero-order chi connectivity index (χ0) is 21.7. The van der Waals surface area contributed by atoms with Crippen molar-refractivity contribution in [3.8, 4) is 0 Å². The van der Waals surface area contributed by atoms with E-state index in [1.807, 2.05) is 32.9 Å². The Labute approximate surface area is 177 Å². The largest absolute Gasteiger partial charge is 0.311 e. The van der Waals surface area contributed by atoms with Crippen LogP contribution in [0.15, 0.2) is 71.8 Å². The lowest BCUT2D eigenvalue weighted by Gasteiger charge is -2.24. The molecule has 1 N–H and O–H groups in total. The molecule has 0 radical (unpaired) electrons. The monoisotopic (exact) mass is 426 g/mol. The van der Waals surface area contributed by atoms with Crippen molar-refractivity contribution in [3.05, 3.63) is 72.4 Å². The summed E-state index contributed by atoms with van der Waals surface area (Å²) in [5.74, 6) is 0.306. The molecule has 7 nitrogen and oxygen atoms in total. The molecule has 0 aliphatic rings. The van der Waals surface area contributed by atoms with Gasteiger partial charge in [-0.25, -0.2) is 13.1 Å². The summed E-state index contributed by atoms with van der Waals surface area (Å²) in [6.45, 7) is 5.88. The van der Waals surface area contributed by atoms with E-state index >= 15 is 0 Å². The van der Waals surface area contributed by atoms with E-state index in [1.54, 1.807) is 59.4 Å². The van der Waals surface area contributed by atoms with Gasteiger partial charge in [0.15, 0.2) is 0 Å². The minimum absolute atomic E-state index is 0.00319. The fraction of sp³-hybridized carbons (Fsp3) is 0.273. The van der Waals surface area contributed by atoms with E-state index in [-0.39, 0.29) is 29.8 Å². The van der Waals surface area contributed by atoms with Crippen molar-refractivity contribution in [3.63, 3.8) is 0 Å². The summed E-state index contributed by atoms with van der Waals surface area (Å²) in [6, 6.07) is 17.3. The third kappa shape index (κ3) is 4.88. The lowest BCUT2D eigenvalue weighted by atomic mass is 10.2. The minimum Gasteiger partial charge on any atom is -0.311 e. The van der Waals surface area contributed by atoms with Crippen molar-refractivity contribution < 1.29 is 13.2 Å². The topological polar surface area (TPSA) is 84.3 Å². The summed E-state index contributed by atoms with van der Waals surface area (Å²) in [6.07, 6.45) is 1.62. The molecule has 0 aliphatic carbocycles. The van der Waals surface area contributed by atoms with Gasteiger partial charge in [-0.3, -0.25) is 9.10 Å². The van der Waals surface area contributed by atoms with Crippen molar-refractivity contribution in [1.82, 2.24) is 9.78 Å². The summed E-state index contributed by atoms with van der Waals surface area (Å²) in [5.41, 5.74) is 1.54. The normalized spacial score (nSPS) is 11.5. The quantitative estimate of drug-likeness (QED) is 0.590. The highest BCUT2D eigenvalue weighted by Crippen LogP contribution is 2.24. The Bertz CT molecular complexity index is 1090. The number of aromatic nitrogens is 2. The number of benzene rings is 2. The molecule has 0 bridgehead atoms. The highest BCUT2D eigenvalue weighted by Gasteiger charge is 2.25. The van der Waals surface area contributed by atoms with Crippen LogP contribution in [0.5, 0.6) is 0 Å². The molecule has 0 unspecified atom stereocenters. The van der Waals surface area contributed by atoms with E-state index in [0.717, 1.165) is 5.56 Å². The van der Waals surface area contributed by atoms with Gasteiger partial charge in [0.05, 0.1) is 16.8 Å². The number of carbonyl (C=O) groups excluding carboxylic acids is 1. The highest BCUT2D eigenvalue weighted by atomic mass is 32.2. The third-order valence-electron chi connectivity index (χ3n) is 4.62. The summed E-state index contributed by atoms with van der Waals surface area (Å²) in [4.78, 5) is 12.7. The molecular formula is C22H26N4O3S. The Morgan fingerprint density at radius 3 is 2.37 bits per heavy atom. The van der Waals surface area contributed by atoms with Crippen LogP contribution in [0.4, 0.5) is 11.5 Å². The molecule has 3 rings (SSSR count). The molecule has 8 heteroatoms. The molecule has 158 valence electrons. The fourth-order valence-corrected chi connectivity index (χ4v) is 4.54. The molecule has 0 atom stereocenters. The van der Waals surface area contributed by atoms with Crippen molar-refractivity contribution in [2.75, 3.05) is 16.2 Å². The van der Waals surface area contributed by atoms with Gasteiger partial charge in [-0.1, -0.05) is 35.9 Å². The highest BCUT2D eigenvalue weighted by molar-refractivity contribution is 7.92. The van der Waals surface area contributed by atoms with Crippen molar-refractivity contribution in [2.24, 2.45) is 0 Å². The molecule has 0 spiro atoms. The number of anilines is 2. The van der Waals surface area contributed by atoms with Gasteiger partial charge in [0.2, 0.25) is 5.91 Å². The standard InChI is InChI=1S/C22H26N4O3S/c1-17(2)26-21(13-15-23-26)24-22(27)14-16-25(19-11-9-18(3)10-12-19)30(28,29)20-7-5-4-6-8-20/h4-13,15,17H,14,16H2,1-3H3,(H,24,27). The molecule has 1 amide bonds. The minimum atomic E-state index is -3.81. The van der Waals surface area contributed by atoms with Crippen LogP contribution in [-0.2, 0) is 14.8 Å². The predicted molar refractivity (Wildman–Crippen MR) is 118 cm³/mol. The van der Waals surface area contributed by atoms with Gasteiger partial charge in [0.1, 0.15) is 5.82 Å². The summed E-state index contributed by atoms with van der Waals surface area (Å²) >= 11 is 0. The Morgan fingerprint density at radius 2 is 1.73 bits per heavy atom. The molecule has 3 aromatic rings. The van der Waals surface area contributed by atoms with Crippen LogP contribution in [0.1, 0.15) is 31.9 Å². The zero-order valence-electron chi connectivity index (χ0n) is 17.3. The molecule has 1 heterocycles. The third-order valence-corrected chi connectivity index (χ3v) is 6.46. The van der Waals surface area contributed by atoms with Gasteiger partial charge in [0.25, 0.3) is 10.0 Å². The first-order valence-corrected chi connectivity index (χ1v) is 11.2. The van der Waals surface area contributed by atoms with Crippen molar-refractivity contribution in [2.45, 2.75) is 38.1 Å². The number of nitrogens with zero attached hydrogens (tertiary/aromatic N) is 3. The number of amides is 1. The molecule has 30 heavy (non-hydrogen) atoms. The van der Waals surface area contributed by atoms with Crippen LogP contribution >= 0.6 is 0 Å². The Morgan fingerprint density at radius 1 is 1.07 bits per heavy atom. The van der Waals surface area contributed by atoms with Crippen LogP contribution < -0.4 is 9.62 Å². The summed E-state index contributed by atoms with van der Waals surface area (Å²) in [5, 5.41) is 7.01. The van der Waals surface area contributed by atoms with Crippen LogP contribution in [-0.4, -0.2) is 30.7 Å². The Balaban J connectivity index is 1.82. The van der Waals surface area contributed by atoms with Gasteiger partial charge in [-0.2, -0.15) is 5.10 Å². The maximum absolute atomic E-state index is 13.3. The Kier molecular flexibility index (Phi) is 6.56. The van der Waals surface area contributed by atoms with Crippen molar-refractivity contribution in [1.29, 1.82) is 0 Å². The molecule has 0 saturated carbocycles. The molecule has 0 saturated heterocycles. The SMILES string of the molecule is Cc1ccc(N(CCC(=O)Nc2ccnn2C(C)C)S(=O)(=O)c2ccccc2)cc1. The van der Waals surface area contributed by atoms with E-state index in [2.05, 4.69) is 10.4 Å². The fourth-order valence-electron chi connectivity index (χ4n) is 3.05. The van der Waals surface area contributed by atoms with E-state index in [4.69, 9.17) is 0 Å². The first kappa shape index (κ1) is 21.6. The Hall–Kier alpha value is -3.13. The number of hydrogen-bond donors (Lipinski definition) is 1. The van der Waals surface area contributed by atoms with Gasteiger partial charge in [-0.05, 0) is 45.0 Å². The van der Waals surface area contributed by atoms with E-state index < -0.39 is 10.0 Å². The second-order valence-corrected chi connectivity index (χ2v) is 9.14. The number of sulfonamides is 1. The van der Waals surface area contributed by atoms with Crippen LogP contribution in [0.25, 0.3) is 0 Å². The maximum Gasteiger partial charge on any atom is 0.264 e. The summed E-state index contributed by atoms with van der Waals surface area (Å²) < 4.78 is 29.5. The van der Waals surface area contributed by atoms with Crippen LogP contribution in [0, 0.1) is 6.92 Å². The molecule has 0 aliphatic heterocycles. The van der Waals surface area contributed by atoms with Crippen LogP contribution in [0.2, 0.25) is 0 Å². The van der Waals surface area contributed by atoms with Gasteiger partial charge < -0.3 is 5.32 Å². The molecule has 1 aromatic heterocycles. The van der Waals surface area contributed by atoms with Gasteiger partial charge in [-0.15, -0.1) is 0 Å². The number of carbonyl (C=O) groups is 1. The number of hydrogen-bond acceptors (Lipinski definition) is 4. The molecule has 0 fully saturated rings. The zero-order valence-corrected chi connectivity index (χ0v) is 18.1. The molecule has 2 aromatic carbocycles. The second-order valence-electron chi connectivity index (χ2n) is 7.28. The number of nitrogens with one attached hydrogen (secondary N) is 1. The second kappa shape index (κ2) is 9.13. The maximum atomic E-state index is 13.3. The molecular weight excluding hydrogens is 400 g/mol. The predicted octanol–water partition coefficient (Wildman–Crippen LogP) is 4.00. The van der Waals surface area contributed by atoms with Gasteiger partial charge in [0, 0.05) is 25.1 Å². The number of rotatable bonds is 8. The van der Waals surface area contributed by atoms with E-state index in [0.29, 0.717) is 11.5 Å².